The third kappa shape index (κ3) is 5.50. The van der Waals surface area contributed by atoms with Crippen molar-refractivity contribution in [3.8, 4) is 0 Å². The quantitative estimate of drug-likeness (QED) is 0.744. The summed E-state index contributed by atoms with van der Waals surface area (Å²) < 4.78 is 0. The van der Waals surface area contributed by atoms with Crippen LogP contribution in [0.2, 0.25) is 0 Å². The standard InChI is InChI=1S/C13H26N2O/c1-13(2,3)7-5-4-6-12(16)15-10-8-14-9-11-15/h14H,4-11H2,1-3H3. The van der Waals surface area contributed by atoms with Crippen LogP contribution in [-0.4, -0.2) is 37.0 Å². The highest BCUT2D eigenvalue weighted by molar-refractivity contribution is 5.76. The zero-order valence-corrected chi connectivity index (χ0v) is 11.0. The Labute approximate surface area is 99.6 Å². The highest BCUT2D eigenvalue weighted by atomic mass is 16.2. The van der Waals surface area contributed by atoms with Crippen LogP contribution < -0.4 is 5.32 Å². The number of piperazine rings is 1. The first kappa shape index (κ1) is 13.5. The van der Waals surface area contributed by atoms with Crippen LogP contribution in [0.5, 0.6) is 0 Å². The summed E-state index contributed by atoms with van der Waals surface area (Å²) in [6.45, 7) is 10.4. The van der Waals surface area contributed by atoms with Crippen LogP contribution in [0.1, 0.15) is 46.5 Å². The Kier molecular flexibility index (Phi) is 5.26. The minimum Gasteiger partial charge on any atom is -0.340 e. The molecule has 0 aliphatic carbocycles. The van der Waals surface area contributed by atoms with E-state index in [1.807, 2.05) is 4.90 Å². The van der Waals surface area contributed by atoms with E-state index in [2.05, 4.69) is 26.1 Å². The second-order valence-corrected chi connectivity index (χ2v) is 5.90. The van der Waals surface area contributed by atoms with Gasteiger partial charge in [-0.3, -0.25) is 4.79 Å². The fourth-order valence-corrected chi connectivity index (χ4v) is 2.00. The number of hydrogen-bond donors (Lipinski definition) is 1. The van der Waals surface area contributed by atoms with Gasteiger partial charge in [-0.05, 0) is 18.3 Å². The number of carbonyl (C=O) groups is 1. The monoisotopic (exact) mass is 226 g/mol. The third-order valence-electron chi connectivity index (χ3n) is 3.04. The predicted molar refractivity (Wildman–Crippen MR) is 67.4 cm³/mol. The lowest BCUT2D eigenvalue weighted by atomic mass is 9.89. The first-order valence-corrected chi connectivity index (χ1v) is 6.47. The van der Waals surface area contributed by atoms with Crippen molar-refractivity contribution >= 4 is 5.91 Å². The van der Waals surface area contributed by atoms with Crippen LogP contribution >= 0.6 is 0 Å². The minimum atomic E-state index is 0.343. The normalized spacial score (nSPS) is 17.6. The summed E-state index contributed by atoms with van der Waals surface area (Å²) in [5.74, 6) is 0.343. The minimum absolute atomic E-state index is 0.343. The molecule has 1 amide bonds. The van der Waals surface area contributed by atoms with Crippen molar-refractivity contribution < 1.29 is 4.79 Å². The van der Waals surface area contributed by atoms with Crippen LogP contribution in [-0.2, 0) is 4.79 Å². The van der Waals surface area contributed by atoms with Crippen molar-refractivity contribution in [1.29, 1.82) is 0 Å². The highest BCUT2D eigenvalue weighted by Crippen LogP contribution is 2.22. The fraction of sp³-hybridized carbons (Fsp3) is 0.923. The fourth-order valence-electron chi connectivity index (χ4n) is 2.00. The van der Waals surface area contributed by atoms with Gasteiger partial charge in [-0.25, -0.2) is 0 Å². The van der Waals surface area contributed by atoms with Gasteiger partial charge in [0, 0.05) is 32.6 Å². The van der Waals surface area contributed by atoms with Crippen molar-refractivity contribution in [1.82, 2.24) is 10.2 Å². The second kappa shape index (κ2) is 6.24. The first-order chi connectivity index (χ1) is 7.49. The van der Waals surface area contributed by atoms with E-state index in [1.165, 1.54) is 12.8 Å². The maximum atomic E-state index is 11.8. The molecule has 1 saturated heterocycles. The Morgan fingerprint density at radius 2 is 1.81 bits per heavy atom. The molecule has 0 saturated carbocycles. The second-order valence-electron chi connectivity index (χ2n) is 5.90. The molecule has 0 radical (unpaired) electrons. The van der Waals surface area contributed by atoms with E-state index in [1.54, 1.807) is 0 Å². The number of nitrogens with zero attached hydrogens (tertiary/aromatic N) is 1. The Morgan fingerprint density at radius 1 is 1.19 bits per heavy atom. The molecule has 0 spiro atoms. The number of unbranched alkanes of at least 4 members (excludes halogenated alkanes) is 1. The summed E-state index contributed by atoms with van der Waals surface area (Å²) in [6.07, 6.45) is 4.15. The van der Waals surface area contributed by atoms with Crippen LogP contribution in [0.4, 0.5) is 0 Å². The molecule has 0 atom stereocenters. The number of rotatable bonds is 4. The largest absolute Gasteiger partial charge is 0.340 e. The molecule has 0 aromatic heterocycles. The number of hydrogen-bond acceptors (Lipinski definition) is 2. The molecular formula is C13H26N2O. The summed E-state index contributed by atoms with van der Waals surface area (Å²) in [5.41, 5.74) is 0.401. The van der Waals surface area contributed by atoms with E-state index in [-0.39, 0.29) is 0 Å². The van der Waals surface area contributed by atoms with Gasteiger partial charge in [-0.1, -0.05) is 27.2 Å². The molecule has 0 unspecified atom stereocenters. The van der Waals surface area contributed by atoms with Crippen molar-refractivity contribution in [2.45, 2.75) is 46.5 Å². The summed E-state index contributed by atoms with van der Waals surface area (Å²) in [5, 5.41) is 3.26. The topological polar surface area (TPSA) is 32.3 Å². The predicted octanol–water partition coefficient (Wildman–Crippen LogP) is 2.02. The lowest BCUT2D eigenvalue weighted by Gasteiger charge is -2.27. The van der Waals surface area contributed by atoms with Crippen molar-refractivity contribution in [3.63, 3.8) is 0 Å². The molecule has 1 aliphatic heterocycles. The lowest BCUT2D eigenvalue weighted by molar-refractivity contribution is -0.131. The lowest BCUT2D eigenvalue weighted by Crippen LogP contribution is -2.46. The molecule has 1 N–H and O–H groups in total. The SMILES string of the molecule is CC(C)(C)CCCCC(=O)N1CCNCC1. The summed E-state index contributed by atoms with van der Waals surface area (Å²) in [6, 6.07) is 0. The zero-order chi connectivity index (χ0) is 12.0. The molecule has 1 fully saturated rings. The van der Waals surface area contributed by atoms with Crippen molar-refractivity contribution in [2.24, 2.45) is 5.41 Å². The molecule has 3 nitrogen and oxygen atoms in total. The average Bonchev–Trinajstić information content (AvgIpc) is 2.24. The van der Waals surface area contributed by atoms with Gasteiger partial charge in [0.15, 0.2) is 0 Å². The molecule has 0 aromatic carbocycles. The molecule has 16 heavy (non-hydrogen) atoms. The van der Waals surface area contributed by atoms with Gasteiger partial charge < -0.3 is 10.2 Å². The van der Waals surface area contributed by atoms with Gasteiger partial charge >= 0.3 is 0 Å². The molecule has 3 heteroatoms. The molecule has 1 aliphatic rings. The van der Waals surface area contributed by atoms with E-state index >= 15 is 0 Å². The molecule has 1 rings (SSSR count). The van der Waals surface area contributed by atoms with E-state index in [9.17, 15) is 4.79 Å². The van der Waals surface area contributed by atoms with Gasteiger partial charge in [0.1, 0.15) is 0 Å². The average molecular weight is 226 g/mol. The summed E-state index contributed by atoms with van der Waals surface area (Å²) in [7, 11) is 0. The Balaban J connectivity index is 2.10. The van der Waals surface area contributed by atoms with Crippen LogP contribution in [0.3, 0.4) is 0 Å². The number of carbonyl (C=O) groups excluding carboxylic acids is 1. The zero-order valence-electron chi connectivity index (χ0n) is 11.0. The maximum Gasteiger partial charge on any atom is 0.222 e. The molecular weight excluding hydrogens is 200 g/mol. The smallest absolute Gasteiger partial charge is 0.222 e. The van der Waals surface area contributed by atoms with Crippen molar-refractivity contribution in [3.05, 3.63) is 0 Å². The van der Waals surface area contributed by atoms with Gasteiger partial charge in [-0.2, -0.15) is 0 Å². The van der Waals surface area contributed by atoms with Gasteiger partial charge in [0.2, 0.25) is 5.91 Å². The van der Waals surface area contributed by atoms with Gasteiger partial charge in [0.25, 0.3) is 0 Å². The Hall–Kier alpha value is -0.570. The number of amides is 1. The van der Waals surface area contributed by atoms with E-state index < -0.39 is 0 Å². The van der Waals surface area contributed by atoms with E-state index in [4.69, 9.17) is 0 Å². The Bertz CT molecular complexity index is 214. The van der Waals surface area contributed by atoms with Gasteiger partial charge in [-0.15, -0.1) is 0 Å². The van der Waals surface area contributed by atoms with E-state index in [0.29, 0.717) is 11.3 Å². The first-order valence-electron chi connectivity index (χ1n) is 6.47. The Morgan fingerprint density at radius 3 is 2.38 bits per heavy atom. The summed E-state index contributed by atoms with van der Waals surface area (Å²) >= 11 is 0. The maximum absolute atomic E-state index is 11.8. The van der Waals surface area contributed by atoms with Crippen LogP contribution in [0.15, 0.2) is 0 Å². The van der Waals surface area contributed by atoms with E-state index in [0.717, 1.165) is 39.0 Å². The third-order valence-corrected chi connectivity index (χ3v) is 3.04. The van der Waals surface area contributed by atoms with Gasteiger partial charge in [0.05, 0.1) is 0 Å². The van der Waals surface area contributed by atoms with Crippen molar-refractivity contribution in [2.75, 3.05) is 26.2 Å². The molecule has 1 heterocycles. The highest BCUT2D eigenvalue weighted by Gasteiger charge is 2.16. The molecule has 94 valence electrons. The summed E-state index contributed by atoms with van der Waals surface area (Å²) in [4.78, 5) is 13.8. The molecule has 0 aromatic rings. The number of nitrogens with one attached hydrogen (secondary N) is 1. The van der Waals surface area contributed by atoms with Crippen LogP contribution in [0, 0.1) is 5.41 Å². The van der Waals surface area contributed by atoms with Crippen LogP contribution in [0.25, 0.3) is 0 Å². The molecule has 0 bridgehead atoms.